The van der Waals surface area contributed by atoms with Crippen LogP contribution >= 0.6 is 0 Å². The maximum atomic E-state index is 13.8. The highest BCUT2D eigenvalue weighted by Gasteiger charge is 2.33. The van der Waals surface area contributed by atoms with Gasteiger partial charge in [-0.1, -0.05) is 142 Å². The van der Waals surface area contributed by atoms with Crippen LogP contribution in [0.3, 0.4) is 0 Å². The average Bonchev–Trinajstić information content (AvgIpc) is 1.61. The summed E-state index contributed by atoms with van der Waals surface area (Å²) in [5.41, 5.74) is 22.5. The molecule has 28 nitrogen and oxygen atoms in total. The number of nitrogens with one attached hydrogen (secondary N) is 4. The van der Waals surface area contributed by atoms with Crippen LogP contribution in [0.5, 0.6) is 0 Å². The molecule has 2 aliphatic rings. The second-order valence-corrected chi connectivity index (χ2v) is 33.8. The molecule has 2 aliphatic heterocycles. The van der Waals surface area contributed by atoms with Crippen molar-refractivity contribution in [1.82, 2.24) is 66.3 Å². The molecule has 0 aliphatic carbocycles. The Bertz CT molecular complexity index is 8140. The Morgan fingerprint density at radius 2 is 0.700 bits per heavy atom. The number of pyridine rings is 4. The van der Waals surface area contributed by atoms with E-state index in [9.17, 15) is 47.9 Å². The third-order valence-corrected chi connectivity index (χ3v) is 25.0. The van der Waals surface area contributed by atoms with Crippen LogP contribution in [0.25, 0.3) is 101 Å². The van der Waals surface area contributed by atoms with Crippen molar-refractivity contribution in [3.63, 3.8) is 0 Å². The molecule has 18 aromatic rings. The lowest BCUT2D eigenvalue weighted by molar-refractivity contribution is -0.125. The fraction of sp³-hybridized carbons (Fsp3) is 0.125. The van der Waals surface area contributed by atoms with Gasteiger partial charge in [0.2, 0.25) is 23.6 Å². The van der Waals surface area contributed by atoms with E-state index < -0.39 is 0 Å². The minimum absolute atomic E-state index is 0.130. The molecule has 4 N–H and O–H groups in total. The summed E-state index contributed by atoms with van der Waals surface area (Å²) in [6, 6.07) is 81.1. The number of fused-ring (bicyclic) bond motifs is 4. The summed E-state index contributed by atoms with van der Waals surface area (Å²) in [6.07, 6.45) is 20.7. The van der Waals surface area contributed by atoms with Crippen LogP contribution in [0.4, 0.5) is 22.7 Å². The number of carbonyl (C=O) groups excluding carboxylic acids is 6. The van der Waals surface area contributed by atoms with E-state index in [2.05, 4.69) is 118 Å². The Labute approximate surface area is 804 Å². The summed E-state index contributed by atoms with van der Waals surface area (Å²) in [5, 5.41) is 11.3. The lowest BCUT2D eigenvalue weighted by Gasteiger charge is -2.15. The number of hydrogen-bond acceptors (Lipinski definition) is 14. The number of amides is 6. The Morgan fingerprint density at radius 3 is 1.14 bits per heavy atom. The van der Waals surface area contributed by atoms with Crippen molar-refractivity contribution in [3.05, 3.63) is 442 Å². The Hall–Kier alpha value is -18.3. The van der Waals surface area contributed by atoms with E-state index in [1.54, 1.807) is 193 Å². The van der Waals surface area contributed by atoms with Gasteiger partial charge < -0.3 is 31.1 Å². The summed E-state index contributed by atoms with van der Waals surface area (Å²) < 4.78 is 13.3. The molecule has 696 valence electrons. The van der Waals surface area contributed by atoms with Gasteiger partial charge in [0.15, 0.2) is 0 Å². The number of benzene rings is 10. The standard InChI is InChI=1S/C29H29N5O3.C28H27N5O3.C28H22N4O2.C27H20N4O2/c1-4-20-6-7-21(16-19(20)3)28(36)31-22-8-10-23(11-9-22)33-26-17-30-14-12-25(26)34(29(33)37)24-13-15-32(18-24)27(35)5-2;1-4-26(34)31-14-12-23(17-31)33-24-11-13-29-16-25(24)32(28(33)36)22-9-7-21(8-10-22)30-27(35)20-6-5-18(2)19(3)15-20;1-3-27(33)30-22-7-5-9-24(17-22)31-25-14-15-29-18-26(25)32(28(31)34)23-8-4-6-21(16-23)20-12-10-19(2)11-13-20;1-2-26(32)29-21-9-6-10-23(17-21)31-24-15-16-28-18-25(24)30(27(31)33)22-13-11-20(12-14-22)19-7-4-3-5-8-19/h5-12,14,16-17,24H,2,4,13,15,18H2,1,3H3,(H,31,36);4-11,13,15-16,23H,1,12,14,17H2,2-3H3,(H,30,35);3-18H,1H2,2H3,(H,30,33);2-18H,1H2,(H,29,32)/t24-;;;/m1.../s1. The van der Waals surface area contributed by atoms with E-state index in [-0.39, 0.29) is 70.3 Å². The maximum absolute atomic E-state index is 13.8. The molecule has 2 saturated heterocycles. The number of anilines is 4. The summed E-state index contributed by atoms with van der Waals surface area (Å²) >= 11 is 0. The van der Waals surface area contributed by atoms with Gasteiger partial charge in [-0.15, -0.1) is 0 Å². The number of aryl methyl sites for hydroxylation is 5. The molecule has 0 saturated carbocycles. The maximum Gasteiger partial charge on any atom is 0.338 e. The lowest BCUT2D eigenvalue weighted by atomic mass is 10.0. The zero-order valence-corrected chi connectivity index (χ0v) is 77.5. The normalized spacial score (nSPS) is 13.1. The molecule has 140 heavy (non-hydrogen) atoms. The molecular weight excluding hydrogens is 1760 g/mol. The molecule has 0 radical (unpaired) electrons. The van der Waals surface area contributed by atoms with Crippen molar-refractivity contribution >= 4 is 102 Å². The number of carbonyl (C=O) groups is 6. The fourth-order valence-electron chi connectivity index (χ4n) is 17.7. The van der Waals surface area contributed by atoms with Crippen molar-refractivity contribution in [3.8, 4) is 56.4 Å². The van der Waals surface area contributed by atoms with Crippen LogP contribution in [-0.4, -0.2) is 128 Å². The van der Waals surface area contributed by atoms with Gasteiger partial charge in [0.05, 0.1) is 115 Å². The number of nitrogens with zero attached hydrogens (tertiary/aromatic N) is 14. The number of aromatic nitrogens is 12. The van der Waals surface area contributed by atoms with Gasteiger partial charge in [0, 0.05) is 84.8 Å². The van der Waals surface area contributed by atoms with Crippen LogP contribution in [0.15, 0.2) is 380 Å². The molecule has 0 bridgehead atoms. The quantitative estimate of drug-likeness (QED) is 0.0486. The molecule has 0 spiro atoms. The monoisotopic (exact) mass is 1850 g/mol. The molecule has 1 unspecified atom stereocenters. The van der Waals surface area contributed by atoms with Gasteiger partial charge in [-0.2, -0.15) is 0 Å². The molecular formula is C112H98N18O10. The zero-order valence-electron chi connectivity index (χ0n) is 77.5. The lowest BCUT2D eigenvalue weighted by Crippen LogP contribution is -2.31. The van der Waals surface area contributed by atoms with E-state index in [1.165, 1.54) is 35.4 Å². The SMILES string of the molecule is C=CC(=O)N1CCC(n2c(=O)n(-c3ccc(NC(=O)c4ccc(C)c(C)c4)cc3)c3cnccc32)C1.C=CC(=O)N1CC[C@@H](n2c(=O)n(-c3ccc(NC(=O)c4ccc(CC)c(C)c4)cc3)c3cnccc32)C1.C=CC(=O)Nc1cccc(-n2c(=O)n(-c3ccc(-c4ccccc4)cc3)c3cnccc32)c1.C=CC(=O)Nc1cccc(-n2c(=O)n(-c3cccc(-c4ccc(C)cc4)c3)c3cnccc32)c1. The fourth-order valence-corrected chi connectivity index (χ4v) is 17.7. The third-order valence-electron chi connectivity index (χ3n) is 25.0. The van der Waals surface area contributed by atoms with Crippen LogP contribution in [0.2, 0.25) is 0 Å². The molecule has 6 amide bonds. The van der Waals surface area contributed by atoms with Gasteiger partial charge in [-0.25, -0.2) is 19.2 Å². The number of rotatable bonds is 21. The number of imidazole rings is 4. The second kappa shape index (κ2) is 41.2. The zero-order chi connectivity index (χ0) is 97.9. The Kier molecular flexibility index (Phi) is 27.5. The van der Waals surface area contributed by atoms with E-state index in [0.29, 0.717) is 129 Å². The molecule has 2 fully saturated rings. The van der Waals surface area contributed by atoms with Crippen molar-refractivity contribution in [2.45, 2.75) is 66.0 Å². The van der Waals surface area contributed by atoms with Gasteiger partial charge in [-0.05, 0) is 273 Å². The van der Waals surface area contributed by atoms with E-state index in [0.717, 1.165) is 67.8 Å². The van der Waals surface area contributed by atoms with E-state index in [1.807, 2.05) is 148 Å². The van der Waals surface area contributed by atoms with Crippen molar-refractivity contribution < 1.29 is 28.8 Å². The third kappa shape index (κ3) is 19.5. The smallest absolute Gasteiger partial charge is 0.337 e. The second-order valence-electron chi connectivity index (χ2n) is 33.8. The minimum Gasteiger partial charge on any atom is -0.337 e. The number of hydrogen-bond donors (Lipinski definition) is 4. The summed E-state index contributed by atoms with van der Waals surface area (Å²) in [7, 11) is 0. The van der Waals surface area contributed by atoms with Crippen LogP contribution in [0, 0.1) is 27.7 Å². The van der Waals surface area contributed by atoms with E-state index >= 15 is 0 Å². The summed E-state index contributed by atoms with van der Waals surface area (Å²) in [5.74, 6) is -1.27. The highest BCUT2D eigenvalue weighted by Crippen LogP contribution is 2.34. The summed E-state index contributed by atoms with van der Waals surface area (Å²) in [6.45, 7) is 26.3. The molecule has 10 aromatic carbocycles. The molecule has 28 heteroatoms. The van der Waals surface area contributed by atoms with Crippen molar-refractivity contribution in [1.29, 1.82) is 0 Å². The first-order chi connectivity index (χ1) is 68.0. The predicted molar refractivity (Wildman–Crippen MR) is 550 cm³/mol. The Balaban J connectivity index is 0.000000129. The average molecular weight is 1860 g/mol. The summed E-state index contributed by atoms with van der Waals surface area (Å²) in [4.78, 5) is 148. The highest BCUT2D eigenvalue weighted by atomic mass is 16.2. The first kappa shape index (κ1) is 93.5. The van der Waals surface area contributed by atoms with E-state index in [4.69, 9.17) is 0 Å². The first-order valence-electron chi connectivity index (χ1n) is 45.5. The van der Waals surface area contributed by atoms with Gasteiger partial charge in [0.1, 0.15) is 0 Å². The first-order valence-corrected chi connectivity index (χ1v) is 45.5. The molecule has 2 atom stereocenters. The van der Waals surface area contributed by atoms with Gasteiger partial charge in [-0.3, -0.25) is 85.2 Å². The largest absolute Gasteiger partial charge is 0.338 e. The minimum atomic E-state index is -0.316. The van der Waals surface area contributed by atoms with Gasteiger partial charge in [0.25, 0.3) is 11.8 Å². The van der Waals surface area contributed by atoms with Crippen molar-refractivity contribution in [2.24, 2.45) is 0 Å². The van der Waals surface area contributed by atoms with Crippen LogP contribution in [-0.2, 0) is 25.6 Å². The van der Waals surface area contributed by atoms with Crippen molar-refractivity contribution in [2.75, 3.05) is 47.4 Å². The van der Waals surface area contributed by atoms with Crippen LogP contribution < -0.4 is 44.0 Å². The molecule has 10 heterocycles. The predicted octanol–water partition coefficient (Wildman–Crippen LogP) is 18.5. The molecule has 8 aromatic heterocycles. The molecule has 20 rings (SSSR count). The number of likely N-dealkylation sites (tertiary alicyclic amines) is 2. The topological polar surface area (TPSA) is 316 Å². The van der Waals surface area contributed by atoms with Gasteiger partial charge >= 0.3 is 22.8 Å². The Morgan fingerprint density at radius 1 is 0.329 bits per heavy atom. The van der Waals surface area contributed by atoms with Crippen LogP contribution in [0.1, 0.15) is 80.4 Å². The highest BCUT2D eigenvalue weighted by molar-refractivity contribution is 6.06.